The number of rotatable bonds is 19. The number of nitrogens with one attached hydrogen (secondary N) is 1. The lowest BCUT2D eigenvalue weighted by molar-refractivity contribution is -0.383. The molecule has 0 fully saturated rings. The number of carbonyl (C=O) groups is 1. The van der Waals surface area contributed by atoms with Crippen LogP contribution in [0.25, 0.3) is 10.8 Å². The maximum atomic E-state index is 12.5. The van der Waals surface area contributed by atoms with Crippen molar-refractivity contribution in [3.05, 3.63) is 52.1 Å². The van der Waals surface area contributed by atoms with Crippen LogP contribution in [0.4, 0.5) is 5.69 Å². The van der Waals surface area contributed by atoms with Crippen LogP contribution in [0.3, 0.4) is 0 Å². The van der Waals surface area contributed by atoms with E-state index in [1.807, 2.05) is 6.07 Å². The monoisotopic (exact) mass is 468 g/mol. The minimum atomic E-state index is -0.422. The minimum absolute atomic E-state index is 0.0225. The van der Waals surface area contributed by atoms with Crippen molar-refractivity contribution < 1.29 is 9.72 Å². The van der Waals surface area contributed by atoms with E-state index in [0.717, 1.165) is 12.8 Å². The molecule has 188 valence electrons. The molecule has 1 N–H and O–H groups in total. The summed E-state index contributed by atoms with van der Waals surface area (Å²) in [5.74, 6) is -0.241. The van der Waals surface area contributed by atoms with Crippen molar-refractivity contribution in [1.29, 1.82) is 0 Å². The Bertz CT molecular complexity index is 866. The quantitative estimate of drug-likeness (QED) is 0.127. The summed E-state index contributed by atoms with van der Waals surface area (Å²) in [5, 5.41) is 15.6. The predicted molar refractivity (Wildman–Crippen MR) is 142 cm³/mol. The van der Waals surface area contributed by atoms with Gasteiger partial charge in [-0.05, 0) is 23.9 Å². The highest BCUT2D eigenvalue weighted by molar-refractivity contribution is 6.02. The summed E-state index contributed by atoms with van der Waals surface area (Å²) in [5.41, 5.74) is 0.326. The average molecular weight is 469 g/mol. The van der Waals surface area contributed by atoms with Crippen LogP contribution in [-0.4, -0.2) is 17.4 Å². The third-order valence-corrected chi connectivity index (χ3v) is 6.61. The molecule has 0 aliphatic rings. The highest BCUT2D eigenvalue weighted by Gasteiger charge is 2.16. The molecular formula is C29H44N2O3. The number of unbranched alkanes of at least 4 members (excludes halogenated alkanes) is 15. The van der Waals surface area contributed by atoms with Gasteiger partial charge >= 0.3 is 0 Å². The van der Waals surface area contributed by atoms with Gasteiger partial charge in [-0.2, -0.15) is 0 Å². The molecule has 0 aliphatic heterocycles. The first-order chi connectivity index (χ1) is 16.6. The lowest BCUT2D eigenvalue weighted by Crippen LogP contribution is -2.24. The number of amides is 1. The summed E-state index contributed by atoms with van der Waals surface area (Å²) in [6, 6.07) is 10.2. The molecule has 0 spiro atoms. The molecule has 0 radical (unpaired) electrons. The van der Waals surface area contributed by atoms with Crippen LogP contribution in [0.2, 0.25) is 0 Å². The van der Waals surface area contributed by atoms with Crippen molar-refractivity contribution >= 4 is 22.4 Å². The molecular weight excluding hydrogens is 424 g/mol. The zero-order chi connectivity index (χ0) is 24.4. The zero-order valence-corrected chi connectivity index (χ0v) is 21.2. The van der Waals surface area contributed by atoms with E-state index in [4.69, 9.17) is 0 Å². The molecule has 34 heavy (non-hydrogen) atoms. The van der Waals surface area contributed by atoms with E-state index in [9.17, 15) is 14.9 Å². The standard InChI is InChI=1S/C29H44N2O3/c1-2-3-4-5-6-7-8-9-10-11-12-13-14-15-16-19-22-30-29(32)26-23-25-20-17-18-21-27(25)28(24-26)31(33)34/h17-18,20-21,23-24H,2-16,19,22H2,1H3,(H,30,32). The van der Waals surface area contributed by atoms with Gasteiger partial charge in [-0.25, -0.2) is 0 Å². The van der Waals surface area contributed by atoms with Gasteiger partial charge in [-0.3, -0.25) is 14.9 Å². The van der Waals surface area contributed by atoms with Gasteiger partial charge in [0.1, 0.15) is 0 Å². The van der Waals surface area contributed by atoms with E-state index in [-0.39, 0.29) is 11.6 Å². The third-order valence-electron chi connectivity index (χ3n) is 6.61. The lowest BCUT2D eigenvalue weighted by Gasteiger charge is -2.07. The number of nitrogens with zero attached hydrogens (tertiary/aromatic N) is 1. The summed E-state index contributed by atoms with van der Waals surface area (Å²) in [6.07, 6.45) is 21.1. The second-order valence-electron chi connectivity index (χ2n) is 9.53. The summed E-state index contributed by atoms with van der Waals surface area (Å²) in [7, 11) is 0. The Hall–Kier alpha value is -2.43. The molecule has 0 aliphatic carbocycles. The highest BCUT2D eigenvalue weighted by atomic mass is 16.6. The van der Waals surface area contributed by atoms with E-state index in [0.29, 0.717) is 22.9 Å². The van der Waals surface area contributed by atoms with E-state index < -0.39 is 4.92 Å². The number of nitro groups is 1. The Morgan fingerprint density at radius 1 is 0.765 bits per heavy atom. The topological polar surface area (TPSA) is 72.2 Å². The fourth-order valence-corrected chi connectivity index (χ4v) is 4.55. The fraction of sp³-hybridized carbons (Fsp3) is 0.621. The molecule has 2 rings (SSSR count). The van der Waals surface area contributed by atoms with Crippen molar-refractivity contribution in [1.82, 2.24) is 5.32 Å². The Labute approximate surface area is 205 Å². The second-order valence-corrected chi connectivity index (χ2v) is 9.53. The SMILES string of the molecule is CCCCCCCCCCCCCCCCCCNC(=O)c1cc([N+](=O)[O-])c2ccccc2c1. The van der Waals surface area contributed by atoms with Crippen molar-refractivity contribution in [2.24, 2.45) is 0 Å². The van der Waals surface area contributed by atoms with Gasteiger partial charge in [0.25, 0.3) is 11.6 Å². The van der Waals surface area contributed by atoms with Gasteiger partial charge in [0.15, 0.2) is 0 Å². The predicted octanol–water partition coefficient (Wildman–Crippen LogP) is 8.74. The molecule has 0 saturated carbocycles. The number of hydrogen-bond donors (Lipinski definition) is 1. The largest absolute Gasteiger partial charge is 0.352 e. The highest BCUT2D eigenvalue weighted by Crippen LogP contribution is 2.27. The first-order valence-electron chi connectivity index (χ1n) is 13.6. The minimum Gasteiger partial charge on any atom is -0.352 e. The van der Waals surface area contributed by atoms with Gasteiger partial charge in [0, 0.05) is 18.2 Å². The molecule has 2 aromatic rings. The van der Waals surface area contributed by atoms with Crippen LogP contribution in [0, 0.1) is 10.1 Å². The number of carbonyl (C=O) groups excluding carboxylic acids is 1. The summed E-state index contributed by atoms with van der Waals surface area (Å²) < 4.78 is 0. The molecule has 0 saturated heterocycles. The smallest absolute Gasteiger partial charge is 0.277 e. The molecule has 0 aromatic heterocycles. The van der Waals surface area contributed by atoms with Crippen molar-refractivity contribution in [2.75, 3.05) is 6.54 Å². The molecule has 0 unspecified atom stereocenters. The lowest BCUT2D eigenvalue weighted by atomic mass is 10.0. The van der Waals surface area contributed by atoms with Crippen LogP contribution in [0.5, 0.6) is 0 Å². The van der Waals surface area contributed by atoms with Crippen molar-refractivity contribution in [3.63, 3.8) is 0 Å². The van der Waals surface area contributed by atoms with Gasteiger partial charge < -0.3 is 5.32 Å². The molecule has 0 bridgehead atoms. The second kappa shape index (κ2) is 17.1. The van der Waals surface area contributed by atoms with Gasteiger partial charge in [0.05, 0.1) is 10.3 Å². The van der Waals surface area contributed by atoms with Gasteiger partial charge in [-0.1, -0.05) is 121 Å². The Morgan fingerprint density at radius 2 is 1.26 bits per heavy atom. The molecule has 0 heterocycles. The maximum Gasteiger partial charge on any atom is 0.277 e. The normalized spacial score (nSPS) is 11.1. The fourth-order valence-electron chi connectivity index (χ4n) is 4.55. The van der Waals surface area contributed by atoms with Crippen LogP contribution in [0.15, 0.2) is 36.4 Å². The molecule has 2 aromatic carbocycles. The summed E-state index contributed by atoms with van der Waals surface area (Å²) >= 11 is 0. The van der Waals surface area contributed by atoms with Gasteiger partial charge in [0.2, 0.25) is 0 Å². The number of non-ortho nitro benzene ring substituents is 1. The van der Waals surface area contributed by atoms with Gasteiger partial charge in [-0.15, -0.1) is 0 Å². The van der Waals surface area contributed by atoms with Crippen molar-refractivity contribution in [2.45, 2.75) is 110 Å². The average Bonchev–Trinajstić information content (AvgIpc) is 2.85. The molecule has 0 atom stereocenters. The summed E-state index contributed by atoms with van der Waals surface area (Å²) in [4.78, 5) is 23.5. The maximum absolute atomic E-state index is 12.5. The number of nitro benzene ring substituents is 1. The first-order valence-corrected chi connectivity index (χ1v) is 13.6. The molecule has 5 nitrogen and oxygen atoms in total. The van der Waals surface area contributed by atoms with E-state index in [1.54, 1.807) is 24.3 Å². The Kier molecular flexibility index (Phi) is 14.0. The Balaban J connectivity index is 1.48. The first kappa shape index (κ1) is 27.8. The number of hydrogen-bond acceptors (Lipinski definition) is 3. The van der Waals surface area contributed by atoms with Crippen LogP contribution in [-0.2, 0) is 0 Å². The van der Waals surface area contributed by atoms with E-state index >= 15 is 0 Å². The summed E-state index contributed by atoms with van der Waals surface area (Å²) in [6.45, 7) is 2.88. The van der Waals surface area contributed by atoms with Crippen LogP contribution < -0.4 is 5.32 Å². The third kappa shape index (κ3) is 10.7. The number of fused-ring (bicyclic) bond motifs is 1. The molecule has 1 amide bonds. The zero-order valence-electron chi connectivity index (χ0n) is 21.2. The van der Waals surface area contributed by atoms with Crippen molar-refractivity contribution in [3.8, 4) is 0 Å². The van der Waals surface area contributed by atoms with E-state index in [2.05, 4.69) is 12.2 Å². The van der Waals surface area contributed by atoms with Crippen LogP contribution >= 0.6 is 0 Å². The van der Waals surface area contributed by atoms with E-state index in [1.165, 1.54) is 96.0 Å². The van der Waals surface area contributed by atoms with Crippen LogP contribution in [0.1, 0.15) is 120 Å². The molecule has 5 heteroatoms. The Morgan fingerprint density at radius 3 is 1.79 bits per heavy atom. The number of benzene rings is 2.